The van der Waals surface area contributed by atoms with E-state index in [2.05, 4.69) is 10.3 Å². The molecule has 1 atom stereocenters. The van der Waals surface area contributed by atoms with Crippen LogP contribution >= 0.6 is 11.3 Å². The molecule has 3 aromatic rings. The average molecular weight is 419 g/mol. The number of halogens is 3. The van der Waals surface area contributed by atoms with E-state index in [1.54, 1.807) is 24.2 Å². The highest BCUT2D eigenvalue weighted by molar-refractivity contribution is 7.09. The predicted molar refractivity (Wildman–Crippen MR) is 106 cm³/mol. The lowest BCUT2D eigenvalue weighted by atomic mass is 10.1. The molecule has 4 nitrogen and oxygen atoms in total. The second-order valence-corrected chi connectivity index (χ2v) is 7.53. The molecule has 0 radical (unpaired) electrons. The van der Waals surface area contributed by atoms with Gasteiger partial charge < -0.3 is 5.32 Å². The second-order valence-electron chi connectivity index (χ2n) is 6.61. The SMILES string of the molecule is CN(CC(=O)NC(c1ccccc1)c1nccs1)Cc1ccccc1C(F)(F)F. The topological polar surface area (TPSA) is 45.2 Å². The Morgan fingerprint density at radius 1 is 1.14 bits per heavy atom. The summed E-state index contributed by atoms with van der Waals surface area (Å²) in [4.78, 5) is 18.5. The van der Waals surface area contributed by atoms with E-state index in [1.807, 2.05) is 35.7 Å². The summed E-state index contributed by atoms with van der Waals surface area (Å²) < 4.78 is 39.5. The molecule has 0 aliphatic carbocycles. The van der Waals surface area contributed by atoms with Gasteiger partial charge in [0.25, 0.3) is 0 Å². The van der Waals surface area contributed by atoms with E-state index >= 15 is 0 Å². The van der Waals surface area contributed by atoms with Gasteiger partial charge in [0.05, 0.1) is 12.1 Å². The number of benzene rings is 2. The molecule has 0 aliphatic heterocycles. The summed E-state index contributed by atoms with van der Waals surface area (Å²) >= 11 is 1.43. The molecular formula is C21H20F3N3OS. The molecular weight excluding hydrogens is 399 g/mol. The van der Waals surface area contributed by atoms with Gasteiger partial charge in [-0.05, 0) is 24.2 Å². The molecule has 0 saturated heterocycles. The number of aromatic nitrogens is 1. The first-order valence-electron chi connectivity index (χ1n) is 8.92. The van der Waals surface area contributed by atoms with Crippen molar-refractivity contribution in [3.63, 3.8) is 0 Å². The Morgan fingerprint density at radius 2 is 1.83 bits per heavy atom. The first-order valence-corrected chi connectivity index (χ1v) is 9.80. The third-order valence-corrected chi connectivity index (χ3v) is 5.15. The molecule has 0 fully saturated rings. The molecule has 1 N–H and O–H groups in total. The molecule has 1 aromatic heterocycles. The maximum absolute atomic E-state index is 13.2. The fourth-order valence-corrected chi connectivity index (χ4v) is 3.76. The van der Waals surface area contributed by atoms with Crippen LogP contribution in [0, 0.1) is 0 Å². The van der Waals surface area contributed by atoms with Gasteiger partial charge in [0.2, 0.25) is 5.91 Å². The summed E-state index contributed by atoms with van der Waals surface area (Å²) in [6.07, 6.45) is -2.76. The zero-order valence-corrected chi connectivity index (χ0v) is 16.5. The zero-order valence-electron chi connectivity index (χ0n) is 15.7. The number of amides is 1. The largest absolute Gasteiger partial charge is 0.416 e. The quantitative estimate of drug-likeness (QED) is 0.613. The van der Waals surface area contributed by atoms with Gasteiger partial charge in [-0.25, -0.2) is 4.98 Å². The molecule has 1 heterocycles. The summed E-state index contributed by atoms with van der Waals surface area (Å²) in [5.41, 5.74) is 0.341. The third kappa shape index (κ3) is 5.65. The number of likely N-dealkylation sites (N-methyl/N-ethyl adjacent to an activating group) is 1. The number of thiazole rings is 1. The van der Waals surface area contributed by atoms with Gasteiger partial charge in [0.15, 0.2) is 0 Å². The number of carbonyl (C=O) groups excluding carboxylic acids is 1. The Balaban J connectivity index is 1.68. The fourth-order valence-electron chi connectivity index (χ4n) is 3.04. The minimum atomic E-state index is -4.43. The average Bonchev–Trinajstić information content (AvgIpc) is 3.20. The van der Waals surface area contributed by atoms with Gasteiger partial charge in [-0.1, -0.05) is 48.5 Å². The van der Waals surface area contributed by atoms with Crippen molar-refractivity contribution < 1.29 is 18.0 Å². The Morgan fingerprint density at radius 3 is 2.48 bits per heavy atom. The van der Waals surface area contributed by atoms with Crippen LogP contribution in [0.5, 0.6) is 0 Å². The van der Waals surface area contributed by atoms with Crippen molar-refractivity contribution in [1.82, 2.24) is 15.2 Å². The Hall–Kier alpha value is -2.71. The van der Waals surface area contributed by atoms with Crippen LogP contribution < -0.4 is 5.32 Å². The summed E-state index contributed by atoms with van der Waals surface area (Å²) in [5, 5.41) is 5.52. The lowest BCUT2D eigenvalue weighted by Gasteiger charge is -2.22. The maximum atomic E-state index is 13.2. The summed E-state index contributed by atoms with van der Waals surface area (Å²) in [6, 6.07) is 14.4. The smallest absolute Gasteiger partial charge is 0.342 e. The third-order valence-electron chi connectivity index (χ3n) is 4.31. The number of hydrogen-bond acceptors (Lipinski definition) is 4. The molecule has 0 aliphatic rings. The predicted octanol–water partition coefficient (Wildman–Crippen LogP) is 4.50. The molecule has 3 rings (SSSR count). The van der Waals surface area contributed by atoms with Crippen LogP contribution in [0.2, 0.25) is 0 Å². The Kier molecular flexibility index (Phi) is 6.66. The van der Waals surface area contributed by atoms with Crippen molar-refractivity contribution in [1.29, 1.82) is 0 Å². The second kappa shape index (κ2) is 9.19. The molecule has 8 heteroatoms. The zero-order chi connectivity index (χ0) is 20.9. The van der Waals surface area contributed by atoms with E-state index in [9.17, 15) is 18.0 Å². The van der Waals surface area contributed by atoms with Gasteiger partial charge >= 0.3 is 6.18 Å². The van der Waals surface area contributed by atoms with Crippen LogP contribution in [0.1, 0.15) is 27.7 Å². The van der Waals surface area contributed by atoms with Crippen molar-refractivity contribution in [2.45, 2.75) is 18.8 Å². The molecule has 152 valence electrons. The monoisotopic (exact) mass is 419 g/mol. The minimum absolute atomic E-state index is 0.0103. The normalized spacial score (nSPS) is 12.7. The number of carbonyl (C=O) groups is 1. The summed E-state index contributed by atoms with van der Waals surface area (Å²) in [6.45, 7) is -0.0305. The number of hydrogen-bond donors (Lipinski definition) is 1. The van der Waals surface area contributed by atoms with E-state index in [0.717, 1.165) is 16.6 Å². The first kappa shape index (κ1) is 21.0. The minimum Gasteiger partial charge on any atom is -0.342 e. The Labute approximate surface area is 171 Å². The van der Waals surface area contributed by atoms with Crippen LogP contribution in [-0.2, 0) is 17.5 Å². The van der Waals surface area contributed by atoms with Crippen LogP contribution in [-0.4, -0.2) is 29.4 Å². The number of alkyl halides is 3. The standard InChI is InChI=1S/C21H20F3N3OS/c1-27(13-16-9-5-6-10-17(16)21(22,23)24)14-18(28)26-19(20-25-11-12-29-20)15-7-3-2-4-8-15/h2-12,19H,13-14H2,1H3,(H,26,28). The molecule has 0 spiro atoms. The van der Waals surface area contributed by atoms with Crippen molar-refractivity contribution >= 4 is 17.2 Å². The van der Waals surface area contributed by atoms with Gasteiger partial charge in [0, 0.05) is 18.1 Å². The number of nitrogens with one attached hydrogen (secondary N) is 1. The molecule has 2 aromatic carbocycles. The van der Waals surface area contributed by atoms with Gasteiger partial charge in [0.1, 0.15) is 11.0 Å². The molecule has 0 bridgehead atoms. The summed E-state index contributed by atoms with van der Waals surface area (Å²) in [7, 11) is 1.62. The van der Waals surface area contributed by atoms with Crippen molar-refractivity contribution in [3.8, 4) is 0 Å². The maximum Gasteiger partial charge on any atom is 0.416 e. The van der Waals surface area contributed by atoms with Crippen LogP contribution in [0.3, 0.4) is 0 Å². The van der Waals surface area contributed by atoms with Crippen molar-refractivity contribution in [2.24, 2.45) is 0 Å². The van der Waals surface area contributed by atoms with E-state index < -0.39 is 17.8 Å². The van der Waals surface area contributed by atoms with Gasteiger partial charge in [-0.15, -0.1) is 11.3 Å². The van der Waals surface area contributed by atoms with Crippen LogP contribution in [0.25, 0.3) is 0 Å². The Bertz CT molecular complexity index is 930. The lowest BCUT2D eigenvalue weighted by Crippen LogP contribution is -2.37. The van der Waals surface area contributed by atoms with E-state index in [0.29, 0.717) is 0 Å². The van der Waals surface area contributed by atoms with Gasteiger partial charge in [-0.2, -0.15) is 13.2 Å². The van der Waals surface area contributed by atoms with E-state index in [-0.39, 0.29) is 24.6 Å². The van der Waals surface area contributed by atoms with Crippen LogP contribution in [0.15, 0.2) is 66.2 Å². The summed E-state index contributed by atoms with van der Waals surface area (Å²) in [5.74, 6) is -0.291. The van der Waals surface area contributed by atoms with E-state index in [1.165, 1.54) is 23.5 Å². The molecule has 29 heavy (non-hydrogen) atoms. The van der Waals surface area contributed by atoms with E-state index in [4.69, 9.17) is 0 Å². The number of rotatable bonds is 7. The molecule has 1 amide bonds. The van der Waals surface area contributed by atoms with Gasteiger partial charge in [-0.3, -0.25) is 9.69 Å². The van der Waals surface area contributed by atoms with Crippen molar-refractivity contribution in [2.75, 3.05) is 13.6 Å². The highest BCUT2D eigenvalue weighted by Crippen LogP contribution is 2.32. The van der Waals surface area contributed by atoms with Crippen LogP contribution in [0.4, 0.5) is 13.2 Å². The highest BCUT2D eigenvalue weighted by atomic mass is 32.1. The molecule has 0 saturated carbocycles. The molecule has 1 unspecified atom stereocenters. The van der Waals surface area contributed by atoms with Crippen molar-refractivity contribution in [3.05, 3.63) is 87.9 Å². The number of nitrogens with zero attached hydrogens (tertiary/aromatic N) is 2. The fraction of sp³-hybridized carbons (Fsp3) is 0.238. The highest BCUT2D eigenvalue weighted by Gasteiger charge is 2.33. The lowest BCUT2D eigenvalue weighted by molar-refractivity contribution is -0.138. The first-order chi connectivity index (χ1) is 13.8.